The third kappa shape index (κ3) is 5.69. The highest BCUT2D eigenvalue weighted by molar-refractivity contribution is 5.92. The summed E-state index contributed by atoms with van der Waals surface area (Å²) in [5.74, 6) is 0. The van der Waals surface area contributed by atoms with Gasteiger partial charge >= 0.3 is 6.18 Å². The third-order valence-corrected chi connectivity index (χ3v) is 2.52. The van der Waals surface area contributed by atoms with E-state index in [2.05, 4.69) is 13.8 Å². The summed E-state index contributed by atoms with van der Waals surface area (Å²) in [6.07, 6.45) is -2.97. The molecule has 21 heavy (non-hydrogen) atoms. The maximum atomic E-state index is 12.4. The molecular weight excluding hydrogens is 277 g/mol. The van der Waals surface area contributed by atoms with Gasteiger partial charge in [-0.05, 0) is 25.1 Å². The monoisotopic (exact) mass is 302 g/mol. The Morgan fingerprint density at radius 3 is 2.14 bits per heavy atom. The summed E-state index contributed by atoms with van der Waals surface area (Å²) in [5, 5.41) is 0.671. The summed E-state index contributed by atoms with van der Waals surface area (Å²) >= 11 is 0. The largest absolute Gasteiger partial charge is 0.406 e. The van der Waals surface area contributed by atoms with Gasteiger partial charge in [0.25, 0.3) is 0 Å². The van der Waals surface area contributed by atoms with E-state index in [1.807, 2.05) is 13.8 Å². The van der Waals surface area contributed by atoms with Gasteiger partial charge < -0.3 is 10.3 Å². The first-order valence-electron chi connectivity index (χ1n) is 7.21. The summed E-state index contributed by atoms with van der Waals surface area (Å²) in [7, 11) is 0. The van der Waals surface area contributed by atoms with Crippen LogP contribution in [0, 0.1) is 6.92 Å². The lowest BCUT2D eigenvalue weighted by molar-refractivity contribution is -0.140. The molecule has 0 fully saturated rings. The van der Waals surface area contributed by atoms with Crippen LogP contribution in [-0.4, -0.2) is 10.7 Å². The number of nitrogen functional groups attached to an aromatic ring is 1. The van der Waals surface area contributed by atoms with Crippen molar-refractivity contribution in [1.29, 1.82) is 0 Å². The zero-order valence-corrected chi connectivity index (χ0v) is 13.4. The maximum absolute atomic E-state index is 12.4. The van der Waals surface area contributed by atoms with E-state index < -0.39 is 12.7 Å². The van der Waals surface area contributed by atoms with Crippen molar-refractivity contribution in [3.63, 3.8) is 0 Å². The van der Waals surface area contributed by atoms with Crippen molar-refractivity contribution in [2.75, 3.05) is 5.73 Å². The number of fused-ring (bicyclic) bond motifs is 1. The molecule has 1 heterocycles. The number of rotatable bonds is 1. The van der Waals surface area contributed by atoms with Gasteiger partial charge in [0.15, 0.2) is 0 Å². The Morgan fingerprint density at radius 2 is 1.67 bits per heavy atom. The van der Waals surface area contributed by atoms with E-state index >= 15 is 0 Å². The molecule has 0 radical (unpaired) electrons. The molecule has 0 aliphatic heterocycles. The van der Waals surface area contributed by atoms with Gasteiger partial charge in [-0.25, -0.2) is 0 Å². The molecule has 2 nitrogen and oxygen atoms in total. The summed E-state index contributed by atoms with van der Waals surface area (Å²) in [4.78, 5) is 0. The van der Waals surface area contributed by atoms with Gasteiger partial charge in [0.05, 0.1) is 5.52 Å². The minimum atomic E-state index is -4.22. The van der Waals surface area contributed by atoms with Gasteiger partial charge in [-0.1, -0.05) is 40.2 Å². The molecule has 0 bridgehead atoms. The van der Waals surface area contributed by atoms with Crippen LogP contribution in [-0.2, 0) is 6.54 Å². The molecule has 0 atom stereocenters. The van der Waals surface area contributed by atoms with Crippen LogP contribution in [0.1, 0.15) is 39.8 Å². The van der Waals surface area contributed by atoms with Gasteiger partial charge in [-0.2, -0.15) is 13.2 Å². The van der Waals surface area contributed by atoms with Crippen molar-refractivity contribution < 1.29 is 13.2 Å². The standard InChI is InChI=1S/C11H11F3N2.C3H8.C2H6/c1-7-5-8-9(15)3-2-4-10(8)16(7)6-11(12,13)14;1-3-2;1-2/h2-5H,6,15H2,1H3;3H2,1-2H3;1-2H3. The molecule has 2 N–H and O–H groups in total. The maximum Gasteiger partial charge on any atom is 0.406 e. The van der Waals surface area contributed by atoms with Crippen LogP contribution in [0.2, 0.25) is 0 Å². The summed E-state index contributed by atoms with van der Waals surface area (Å²) in [6.45, 7) is 8.91. The van der Waals surface area contributed by atoms with Crippen molar-refractivity contribution in [3.8, 4) is 0 Å². The topological polar surface area (TPSA) is 30.9 Å². The number of hydrogen-bond acceptors (Lipinski definition) is 1. The Kier molecular flexibility index (Phi) is 7.92. The first-order valence-corrected chi connectivity index (χ1v) is 7.21. The number of aryl methyl sites for hydroxylation is 1. The van der Waals surface area contributed by atoms with E-state index in [4.69, 9.17) is 5.73 Å². The molecular formula is C16H25F3N2. The van der Waals surface area contributed by atoms with Crippen molar-refractivity contribution in [1.82, 2.24) is 4.57 Å². The van der Waals surface area contributed by atoms with E-state index in [1.165, 1.54) is 11.0 Å². The predicted octanol–water partition coefficient (Wildman–Crippen LogP) is 5.54. The van der Waals surface area contributed by atoms with Crippen molar-refractivity contribution in [2.24, 2.45) is 0 Å². The van der Waals surface area contributed by atoms with Gasteiger partial charge in [0.1, 0.15) is 6.54 Å². The predicted molar refractivity (Wildman–Crippen MR) is 84.5 cm³/mol. The van der Waals surface area contributed by atoms with Crippen LogP contribution in [0.3, 0.4) is 0 Å². The van der Waals surface area contributed by atoms with E-state index in [9.17, 15) is 13.2 Å². The number of aromatic nitrogens is 1. The van der Waals surface area contributed by atoms with E-state index in [0.29, 0.717) is 22.3 Å². The first kappa shape index (κ1) is 19.4. The Morgan fingerprint density at radius 1 is 1.14 bits per heavy atom. The first-order chi connectivity index (χ1) is 9.80. The molecule has 0 saturated heterocycles. The van der Waals surface area contributed by atoms with Gasteiger partial charge in [-0.15, -0.1) is 0 Å². The molecule has 0 spiro atoms. The molecule has 1 aromatic heterocycles. The highest BCUT2D eigenvalue weighted by atomic mass is 19.4. The summed E-state index contributed by atoms with van der Waals surface area (Å²) in [5.41, 5.74) is 7.29. The molecule has 0 aliphatic carbocycles. The number of alkyl halides is 3. The number of anilines is 1. The summed E-state index contributed by atoms with van der Waals surface area (Å²) in [6, 6.07) is 6.66. The Balaban J connectivity index is 0.000000713. The van der Waals surface area contributed by atoms with Crippen molar-refractivity contribution >= 4 is 16.6 Å². The van der Waals surface area contributed by atoms with Crippen LogP contribution < -0.4 is 5.73 Å². The SMILES string of the molecule is CC.CCC.Cc1cc2c(N)cccc2n1CC(F)(F)F. The molecule has 120 valence electrons. The van der Waals surface area contributed by atoms with Gasteiger partial charge in [0.2, 0.25) is 0 Å². The second kappa shape index (κ2) is 8.60. The lowest BCUT2D eigenvalue weighted by Crippen LogP contribution is -2.18. The number of hydrogen-bond donors (Lipinski definition) is 1. The van der Waals surface area contributed by atoms with Crippen LogP contribution >= 0.6 is 0 Å². The van der Waals surface area contributed by atoms with Crippen molar-refractivity contribution in [2.45, 2.75) is 53.8 Å². The normalized spacial score (nSPS) is 10.5. The average molecular weight is 302 g/mol. The average Bonchev–Trinajstić information content (AvgIpc) is 2.70. The quantitative estimate of drug-likeness (QED) is 0.689. The second-order valence-corrected chi connectivity index (χ2v) is 4.47. The second-order valence-electron chi connectivity index (χ2n) is 4.47. The fourth-order valence-corrected chi connectivity index (χ4v) is 1.83. The number of halogens is 3. The third-order valence-electron chi connectivity index (χ3n) is 2.52. The summed E-state index contributed by atoms with van der Waals surface area (Å²) < 4.78 is 38.4. The molecule has 0 aliphatic rings. The molecule has 0 unspecified atom stereocenters. The fourth-order valence-electron chi connectivity index (χ4n) is 1.83. The van der Waals surface area contributed by atoms with Crippen LogP contribution in [0.5, 0.6) is 0 Å². The smallest absolute Gasteiger partial charge is 0.398 e. The van der Waals surface area contributed by atoms with E-state index in [-0.39, 0.29) is 0 Å². The molecule has 5 heteroatoms. The lowest BCUT2D eigenvalue weighted by Gasteiger charge is -2.11. The van der Waals surface area contributed by atoms with Crippen LogP contribution in [0.4, 0.5) is 18.9 Å². The van der Waals surface area contributed by atoms with E-state index in [1.54, 1.807) is 31.2 Å². The minimum absolute atomic E-state index is 0.501. The minimum Gasteiger partial charge on any atom is -0.398 e. The lowest BCUT2D eigenvalue weighted by atomic mass is 10.2. The number of benzene rings is 1. The molecule has 2 aromatic rings. The Bertz CT molecular complexity index is 542. The Labute approximate surface area is 124 Å². The Hall–Kier alpha value is -1.65. The zero-order valence-electron chi connectivity index (χ0n) is 13.4. The molecule has 0 saturated carbocycles. The van der Waals surface area contributed by atoms with Gasteiger partial charge in [-0.3, -0.25) is 0 Å². The fraction of sp³-hybridized carbons (Fsp3) is 0.500. The number of nitrogens with two attached hydrogens (primary N) is 1. The van der Waals surface area contributed by atoms with Crippen molar-refractivity contribution in [3.05, 3.63) is 30.0 Å². The van der Waals surface area contributed by atoms with E-state index in [0.717, 1.165) is 0 Å². The molecule has 2 rings (SSSR count). The molecule has 1 aromatic carbocycles. The number of nitrogens with zero attached hydrogens (tertiary/aromatic N) is 1. The molecule has 0 amide bonds. The van der Waals surface area contributed by atoms with Crippen LogP contribution in [0.15, 0.2) is 24.3 Å². The van der Waals surface area contributed by atoms with Gasteiger partial charge in [0, 0.05) is 16.8 Å². The zero-order chi connectivity index (χ0) is 16.6. The van der Waals surface area contributed by atoms with Crippen LogP contribution in [0.25, 0.3) is 10.9 Å². The highest BCUT2D eigenvalue weighted by Crippen LogP contribution is 2.28. The highest BCUT2D eigenvalue weighted by Gasteiger charge is 2.29.